The first-order valence-electron chi connectivity index (χ1n) is 3.79. The van der Waals surface area contributed by atoms with Crippen molar-refractivity contribution in [1.82, 2.24) is 4.98 Å². The van der Waals surface area contributed by atoms with Crippen LogP contribution in [-0.4, -0.2) is 11.5 Å². The SMILES string of the molecule is C=C(C)CNc1ncccc1N. The standard InChI is InChI=1S/C9H13N3/c1-7(2)6-12-9-8(10)4-3-5-11-9/h3-5H,1,6,10H2,2H3,(H,11,12). The quantitative estimate of drug-likeness (QED) is 0.666. The number of nitrogens with zero attached hydrogens (tertiary/aromatic N) is 1. The minimum atomic E-state index is 0.666. The molecule has 0 spiro atoms. The van der Waals surface area contributed by atoms with Crippen molar-refractivity contribution in [3.63, 3.8) is 0 Å². The van der Waals surface area contributed by atoms with Gasteiger partial charge in [-0.05, 0) is 19.1 Å². The zero-order valence-electron chi connectivity index (χ0n) is 7.17. The van der Waals surface area contributed by atoms with E-state index >= 15 is 0 Å². The summed E-state index contributed by atoms with van der Waals surface area (Å²) in [6.45, 7) is 6.43. The lowest BCUT2D eigenvalue weighted by atomic mass is 10.3. The number of rotatable bonds is 3. The zero-order chi connectivity index (χ0) is 8.97. The van der Waals surface area contributed by atoms with Gasteiger partial charge in [-0.3, -0.25) is 0 Å². The number of anilines is 2. The lowest BCUT2D eigenvalue weighted by molar-refractivity contribution is 1.17. The van der Waals surface area contributed by atoms with Crippen molar-refractivity contribution in [3.8, 4) is 0 Å². The van der Waals surface area contributed by atoms with Gasteiger partial charge in [0.25, 0.3) is 0 Å². The molecule has 0 aliphatic heterocycles. The summed E-state index contributed by atoms with van der Waals surface area (Å²) in [4.78, 5) is 4.07. The van der Waals surface area contributed by atoms with Gasteiger partial charge in [-0.1, -0.05) is 12.2 Å². The van der Waals surface area contributed by atoms with Crippen LogP contribution >= 0.6 is 0 Å². The van der Waals surface area contributed by atoms with Crippen LogP contribution in [0, 0.1) is 0 Å². The summed E-state index contributed by atoms with van der Waals surface area (Å²) >= 11 is 0. The molecule has 0 saturated heterocycles. The lowest BCUT2D eigenvalue weighted by Gasteiger charge is -2.06. The maximum atomic E-state index is 5.65. The highest BCUT2D eigenvalue weighted by atomic mass is 15.0. The Morgan fingerprint density at radius 3 is 3.08 bits per heavy atom. The molecular weight excluding hydrogens is 150 g/mol. The molecular formula is C9H13N3. The predicted molar refractivity (Wildman–Crippen MR) is 52.0 cm³/mol. The Kier molecular flexibility index (Phi) is 2.69. The number of hydrogen-bond donors (Lipinski definition) is 2. The van der Waals surface area contributed by atoms with Crippen molar-refractivity contribution in [2.45, 2.75) is 6.92 Å². The molecule has 0 aliphatic carbocycles. The number of nitrogen functional groups attached to an aromatic ring is 1. The number of pyridine rings is 1. The molecule has 0 unspecified atom stereocenters. The van der Waals surface area contributed by atoms with Gasteiger partial charge in [0.15, 0.2) is 0 Å². The van der Waals surface area contributed by atoms with E-state index in [1.54, 1.807) is 12.3 Å². The van der Waals surface area contributed by atoms with Gasteiger partial charge in [0.05, 0.1) is 5.69 Å². The molecule has 1 rings (SSSR count). The minimum Gasteiger partial charge on any atom is -0.396 e. The van der Waals surface area contributed by atoms with Crippen LogP contribution in [0.5, 0.6) is 0 Å². The van der Waals surface area contributed by atoms with Crippen molar-refractivity contribution >= 4 is 11.5 Å². The van der Waals surface area contributed by atoms with Gasteiger partial charge in [-0.2, -0.15) is 0 Å². The van der Waals surface area contributed by atoms with Crippen LogP contribution in [0.15, 0.2) is 30.5 Å². The molecule has 3 N–H and O–H groups in total. The fourth-order valence-corrected chi connectivity index (χ4v) is 0.800. The monoisotopic (exact) mass is 163 g/mol. The Bertz CT molecular complexity index is 281. The molecule has 0 radical (unpaired) electrons. The van der Waals surface area contributed by atoms with E-state index in [-0.39, 0.29) is 0 Å². The molecule has 1 aromatic rings. The van der Waals surface area contributed by atoms with E-state index < -0.39 is 0 Å². The van der Waals surface area contributed by atoms with E-state index in [2.05, 4.69) is 16.9 Å². The summed E-state index contributed by atoms with van der Waals surface area (Å²) in [5.41, 5.74) is 7.37. The number of hydrogen-bond acceptors (Lipinski definition) is 3. The third-order valence-electron chi connectivity index (χ3n) is 1.40. The summed E-state index contributed by atoms with van der Waals surface area (Å²) in [6.07, 6.45) is 1.71. The first kappa shape index (κ1) is 8.59. The van der Waals surface area contributed by atoms with Crippen LogP contribution in [0.3, 0.4) is 0 Å². The molecule has 1 aromatic heterocycles. The third-order valence-corrected chi connectivity index (χ3v) is 1.40. The van der Waals surface area contributed by atoms with Crippen LogP contribution in [0.1, 0.15) is 6.92 Å². The maximum Gasteiger partial charge on any atom is 0.149 e. The van der Waals surface area contributed by atoms with E-state index in [4.69, 9.17) is 5.73 Å². The second-order valence-electron chi connectivity index (χ2n) is 2.75. The molecule has 0 bridgehead atoms. The highest BCUT2D eigenvalue weighted by molar-refractivity contribution is 5.60. The molecule has 0 atom stereocenters. The second kappa shape index (κ2) is 3.76. The zero-order valence-corrected chi connectivity index (χ0v) is 7.17. The Balaban J connectivity index is 2.63. The van der Waals surface area contributed by atoms with Gasteiger partial charge in [0.2, 0.25) is 0 Å². The van der Waals surface area contributed by atoms with Gasteiger partial charge < -0.3 is 11.1 Å². The Morgan fingerprint density at radius 1 is 1.75 bits per heavy atom. The summed E-state index contributed by atoms with van der Waals surface area (Å²) in [7, 11) is 0. The number of aromatic nitrogens is 1. The Morgan fingerprint density at radius 2 is 2.50 bits per heavy atom. The fourth-order valence-electron chi connectivity index (χ4n) is 0.800. The van der Waals surface area contributed by atoms with Gasteiger partial charge in [0, 0.05) is 12.7 Å². The van der Waals surface area contributed by atoms with E-state index in [0.29, 0.717) is 12.2 Å². The second-order valence-corrected chi connectivity index (χ2v) is 2.75. The van der Waals surface area contributed by atoms with Crippen LogP contribution in [0.25, 0.3) is 0 Å². The van der Waals surface area contributed by atoms with Crippen LogP contribution < -0.4 is 11.1 Å². The van der Waals surface area contributed by atoms with Crippen molar-refractivity contribution < 1.29 is 0 Å². The molecule has 64 valence electrons. The van der Waals surface area contributed by atoms with E-state index in [9.17, 15) is 0 Å². The Hall–Kier alpha value is -1.51. The molecule has 0 saturated carbocycles. The number of nitrogens with one attached hydrogen (secondary N) is 1. The van der Waals surface area contributed by atoms with E-state index in [0.717, 1.165) is 11.4 Å². The van der Waals surface area contributed by atoms with Crippen molar-refractivity contribution in [2.75, 3.05) is 17.6 Å². The van der Waals surface area contributed by atoms with Crippen molar-refractivity contribution in [3.05, 3.63) is 30.5 Å². The van der Waals surface area contributed by atoms with Crippen LogP contribution in [0.4, 0.5) is 11.5 Å². The summed E-state index contributed by atoms with van der Waals surface area (Å²) in [6, 6.07) is 3.62. The molecule has 0 amide bonds. The van der Waals surface area contributed by atoms with Gasteiger partial charge in [-0.15, -0.1) is 0 Å². The van der Waals surface area contributed by atoms with Gasteiger partial charge in [-0.25, -0.2) is 4.98 Å². The van der Waals surface area contributed by atoms with Crippen LogP contribution in [0.2, 0.25) is 0 Å². The van der Waals surface area contributed by atoms with Crippen LogP contribution in [-0.2, 0) is 0 Å². The normalized spacial score (nSPS) is 9.42. The minimum absolute atomic E-state index is 0.666. The average Bonchev–Trinajstić information content (AvgIpc) is 2.03. The average molecular weight is 163 g/mol. The van der Waals surface area contributed by atoms with Crippen molar-refractivity contribution in [2.24, 2.45) is 0 Å². The van der Waals surface area contributed by atoms with E-state index in [1.165, 1.54) is 0 Å². The summed E-state index contributed by atoms with van der Waals surface area (Å²) < 4.78 is 0. The van der Waals surface area contributed by atoms with Gasteiger partial charge in [0.1, 0.15) is 5.82 Å². The highest BCUT2D eigenvalue weighted by Gasteiger charge is 1.96. The molecule has 0 aromatic carbocycles. The van der Waals surface area contributed by atoms with Gasteiger partial charge >= 0.3 is 0 Å². The molecule has 0 aliphatic rings. The highest BCUT2D eigenvalue weighted by Crippen LogP contribution is 2.12. The number of nitrogens with two attached hydrogens (primary N) is 1. The molecule has 0 fully saturated rings. The molecule has 1 heterocycles. The first-order valence-corrected chi connectivity index (χ1v) is 3.79. The third kappa shape index (κ3) is 2.27. The predicted octanol–water partition coefficient (Wildman–Crippen LogP) is 1.65. The molecule has 3 heteroatoms. The smallest absolute Gasteiger partial charge is 0.149 e. The van der Waals surface area contributed by atoms with E-state index in [1.807, 2.05) is 13.0 Å². The summed E-state index contributed by atoms with van der Waals surface area (Å²) in [5.74, 6) is 0.723. The van der Waals surface area contributed by atoms with Crippen molar-refractivity contribution in [1.29, 1.82) is 0 Å². The molecule has 3 nitrogen and oxygen atoms in total. The fraction of sp³-hybridized carbons (Fsp3) is 0.222. The molecule has 12 heavy (non-hydrogen) atoms. The lowest BCUT2D eigenvalue weighted by Crippen LogP contribution is -2.05. The first-order chi connectivity index (χ1) is 5.70. The topological polar surface area (TPSA) is 50.9 Å². The maximum absolute atomic E-state index is 5.65. The largest absolute Gasteiger partial charge is 0.396 e. The Labute approximate surface area is 72.3 Å². The summed E-state index contributed by atoms with van der Waals surface area (Å²) in [5, 5.41) is 3.08.